The molecule has 0 fully saturated rings. The maximum atomic E-state index is 9.91. The van der Waals surface area contributed by atoms with Gasteiger partial charge < -0.3 is 0 Å². The molecule has 1 radical (unpaired) electrons. The van der Waals surface area contributed by atoms with Gasteiger partial charge in [0.1, 0.15) is 0 Å². The summed E-state index contributed by atoms with van der Waals surface area (Å²) in [7, 11) is -6.14. The van der Waals surface area contributed by atoms with Crippen molar-refractivity contribution in [3.63, 3.8) is 0 Å². The molecule has 0 aliphatic rings. The summed E-state index contributed by atoms with van der Waals surface area (Å²) >= 11 is 0. The van der Waals surface area contributed by atoms with E-state index in [1.807, 2.05) is 0 Å². The van der Waals surface area contributed by atoms with E-state index in [1.54, 1.807) is 0 Å². The molecule has 0 rings (SSSR count). The Morgan fingerprint density at radius 3 is 1.17 bits per heavy atom. The van der Waals surface area contributed by atoms with Gasteiger partial charge in [0.15, 0.2) is 0 Å². The van der Waals surface area contributed by atoms with Crippen LogP contribution in [0.2, 0.25) is 0 Å². The molecule has 0 N–H and O–H groups in total. The normalized spacial score (nSPS) is 9.83. The molecule has 0 aromatic rings. The Labute approximate surface area is 44.8 Å². The molecule has 0 aliphatic carbocycles. The zero-order valence-corrected chi connectivity index (χ0v) is 3.88. The largest absolute Gasteiger partial charge is 0.591 e. The quantitative estimate of drug-likeness (QED) is 0.342. The van der Waals surface area contributed by atoms with Crippen molar-refractivity contribution in [1.29, 1.82) is 0 Å². The molecule has 0 saturated carbocycles. The molecule has 0 aliphatic heterocycles. The summed E-state index contributed by atoms with van der Waals surface area (Å²) in [5.41, 5.74) is 0. The second-order valence-electron chi connectivity index (χ2n) is 0.399. The molecule has 0 spiro atoms. The SMILES string of the molecule is O=P(F)(F)F.[Li]. The molecular weight excluding hydrogens is 111 g/mol. The maximum Gasteiger partial charge on any atom is 0.591 e. The number of hydrogen-bond acceptors (Lipinski definition) is 1. The van der Waals surface area contributed by atoms with Gasteiger partial charge in [0.05, 0.1) is 0 Å². The van der Waals surface area contributed by atoms with E-state index in [0.29, 0.717) is 0 Å². The second-order valence-corrected chi connectivity index (χ2v) is 1.20. The molecule has 0 aromatic carbocycles. The van der Waals surface area contributed by atoms with Crippen molar-refractivity contribution in [3.05, 3.63) is 0 Å². The summed E-state index contributed by atoms with van der Waals surface area (Å²) in [6.45, 7) is 0. The van der Waals surface area contributed by atoms with Crippen molar-refractivity contribution < 1.29 is 17.2 Å². The Kier molecular flexibility index (Phi) is 4.46. The Balaban J connectivity index is 0. The van der Waals surface area contributed by atoms with Gasteiger partial charge in [-0.05, 0) is 0 Å². The van der Waals surface area contributed by atoms with Crippen molar-refractivity contribution in [1.82, 2.24) is 0 Å². The zero-order chi connectivity index (χ0) is 4.50. The summed E-state index contributed by atoms with van der Waals surface area (Å²) in [5, 5.41) is 0. The van der Waals surface area contributed by atoms with E-state index in [9.17, 15) is 12.6 Å². The van der Waals surface area contributed by atoms with Crippen LogP contribution in [0.5, 0.6) is 0 Å². The Morgan fingerprint density at radius 2 is 1.17 bits per heavy atom. The van der Waals surface area contributed by atoms with E-state index in [1.165, 1.54) is 0 Å². The van der Waals surface area contributed by atoms with Gasteiger partial charge in [0.2, 0.25) is 0 Å². The molecule has 1 nitrogen and oxygen atoms in total. The second kappa shape index (κ2) is 2.73. The van der Waals surface area contributed by atoms with Crippen molar-refractivity contribution in [3.8, 4) is 0 Å². The van der Waals surface area contributed by atoms with Crippen LogP contribution in [-0.4, -0.2) is 18.9 Å². The van der Waals surface area contributed by atoms with Crippen LogP contribution in [0.4, 0.5) is 12.6 Å². The smallest absolute Gasteiger partial charge is 0.215 e. The fourth-order valence-electron chi connectivity index (χ4n) is 0. The summed E-state index contributed by atoms with van der Waals surface area (Å²) in [6.07, 6.45) is 0. The first-order valence-electron chi connectivity index (χ1n) is 0.690. The van der Waals surface area contributed by atoms with Crippen LogP contribution in [0.3, 0.4) is 0 Å². The van der Waals surface area contributed by atoms with E-state index < -0.39 is 8.07 Å². The average molecular weight is 111 g/mol. The van der Waals surface area contributed by atoms with Crippen molar-refractivity contribution in [2.75, 3.05) is 0 Å². The fraction of sp³-hybridized carbons (Fsp3) is 0. The monoisotopic (exact) mass is 111 g/mol. The molecule has 0 saturated heterocycles. The van der Waals surface area contributed by atoms with E-state index in [0.717, 1.165) is 0 Å². The van der Waals surface area contributed by atoms with E-state index in [2.05, 4.69) is 0 Å². The Bertz CT molecular complexity index is 56.9. The minimum atomic E-state index is -6.14. The fourth-order valence-corrected chi connectivity index (χ4v) is 0. The first-order chi connectivity index (χ1) is 2.00. The van der Waals surface area contributed by atoms with E-state index in [-0.39, 0.29) is 18.9 Å². The van der Waals surface area contributed by atoms with Crippen LogP contribution < -0.4 is 0 Å². The Hall–Kier alpha value is 0.617. The van der Waals surface area contributed by atoms with Crippen molar-refractivity contribution >= 4 is 26.9 Å². The van der Waals surface area contributed by atoms with E-state index >= 15 is 0 Å². The number of halogens is 3. The van der Waals surface area contributed by atoms with Gasteiger partial charge in [0, 0.05) is 18.9 Å². The minimum absolute atomic E-state index is 0. The van der Waals surface area contributed by atoms with Gasteiger partial charge in [-0.3, -0.25) is 0 Å². The molecule has 0 amide bonds. The van der Waals surface area contributed by atoms with Gasteiger partial charge in [-0.25, -0.2) is 4.57 Å². The molecule has 0 aromatic heterocycles. The van der Waals surface area contributed by atoms with Crippen LogP contribution in [0, 0.1) is 0 Å². The molecule has 6 heavy (non-hydrogen) atoms. The average Bonchev–Trinajstić information content (AvgIpc) is 0.722. The van der Waals surface area contributed by atoms with Gasteiger partial charge >= 0.3 is 8.07 Å². The molecule has 33 valence electrons. The van der Waals surface area contributed by atoms with Gasteiger partial charge in [-0.1, -0.05) is 0 Å². The summed E-state index contributed by atoms with van der Waals surface area (Å²) < 4.78 is 37.9. The predicted octanol–water partition coefficient (Wildman–Crippen LogP) is 1.62. The molecule has 0 bridgehead atoms. The van der Waals surface area contributed by atoms with Gasteiger partial charge in [-0.15, -0.1) is 12.6 Å². The number of hydrogen-bond donors (Lipinski definition) is 0. The van der Waals surface area contributed by atoms with Crippen LogP contribution in [0.15, 0.2) is 0 Å². The predicted molar refractivity (Wildman–Crippen MR) is 16.7 cm³/mol. The molecule has 0 atom stereocenters. The van der Waals surface area contributed by atoms with Crippen molar-refractivity contribution in [2.24, 2.45) is 0 Å². The Morgan fingerprint density at radius 1 is 1.17 bits per heavy atom. The van der Waals surface area contributed by atoms with Gasteiger partial charge in [0.25, 0.3) is 0 Å². The van der Waals surface area contributed by atoms with Crippen LogP contribution >= 0.6 is 8.07 Å². The first kappa shape index (κ1) is 9.79. The summed E-state index contributed by atoms with van der Waals surface area (Å²) in [4.78, 5) is 0. The summed E-state index contributed by atoms with van der Waals surface area (Å²) in [6, 6.07) is 0. The molecular formula is F3LiOP. The number of rotatable bonds is 0. The summed E-state index contributed by atoms with van der Waals surface area (Å²) in [5.74, 6) is 0. The third-order valence-electron chi connectivity index (χ3n) is 0. The van der Waals surface area contributed by atoms with Crippen LogP contribution in [0.1, 0.15) is 0 Å². The minimum Gasteiger partial charge on any atom is -0.215 e. The van der Waals surface area contributed by atoms with Crippen LogP contribution in [0.25, 0.3) is 0 Å². The van der Waals surface area contributed by atoms with Crippen molar-refractivity contribution in [2.45, 2.75) is 0 Å². The van der Waals surface area contributed by atoms with Gasteiger partial charge in [-0.2, -0.15) is 0 Å². The third-order valence-corrected chi connectivity index (χ3v) is 0. The molecule has 6 heteroatoms. The first-order valence-corrected chi connectivity index (χ1v) is 2.07. The zero-order valence-electron chi connectivity index (χ0n) is 2.99. The third kappa shape index (κ3) is 159. The molecule has 0 heterocycles. The molecule has 0 unspecified atom stereocenters. The topological polar surface area (TPSA) is 17.1 Å². The van der Waals surface area contributed by atoms with E-state index in [4.69, 9.17) is 4.57 Å². The standard InChI is InChI=1S/F3OP.Li/c1-5(2,3)4;. The van der Waals surface area contributed by atoms with Crippen LogP contribution in [-0.2, 0) is 4.57 Å². The maximum absolute atomic E-state index is 9.91.